The van der Waals surface area contributed by atoms with Crippen molar-refractivity contribution in [3.63, 3.8) is 0 Å². The van der Waals surface area contributed by atoms with Crippen molar-refractivity contribution in [2.45, 2.75) is 39.0 Å². The van der Waals surface area contributed by atoms with Gasteiger partial charge in [-0.15, -0.1) is 0 Å². The lowest BCUT2D eigenvalue weighted by atomic mass is 10.1. The van der Waals surface area contributed by atoms with Crippen molar-refractivity contribution >= 4 is 51.7 Å². The molecule has 0 unspecified atom stereocenters. The molecule has 1 aliphatic rings. The summed E-state index contributed by atoms with van der Waals surface area (Å²) in [6, 6.07) is 13.2. The SMILES string of the molecule is CCCCCCNc1nc2ccccn2c(=O)c1C=C1SC(=S)N(CCc2ccc(OC)cc2)C1=O. The maximum absolute atomic E-state index is 13.4. The zero-order valence-electron chi connectivity index (χ0n) is 20.5. The van der Waals surface area contributed by atoms with E-state index in [0.29, 0.717) is 45.8 Å². The van der Waals surface area contributed by atoms with Crippen LogP contribution in [0.4, 0.5) is 5.82 Å². The predicted octanol–water partition coefficient (Wildman–Crippen LogP) is 5.14. The molecule has 1 amide bonds. The summed E-state index contributed by atoms with van der Waals surface area (Å²) in [5, 5.41) is 3.33. The molecule has 3 heterocycles. The minimum absolute atomic E-state index is 0.190. The first-order valence-corrected chi connectivity index (χ1v) is 13.4. The van der Waals surface area contributed by atoms with Crippen LogP contribution in [-0.2, 0) is 11.2 Å². The van der Waals surface area contributed by atoms with E-state index in [1.807, 2.05) is 30.3 Å². The van der Waals surface area contributed by atoms with Crippen LogP contribution in [0.1, 0.15) is 43.7 Å². The number of nitrogens with one attached hydrogen (secondary N) is 1. The minimum Gasteiger partial charge on any atom is -0.497 e. The molecule has 4 rings (SSSR count). The highest BCUT2D eigenvalue weighted by Gasteiger charge is 2.32. The van der Waals surface area contributed by atoms with Gasteiger partial charge in [0.25, 0.3) is 11.5 Å². The van der Waals surface area contributed by atoms with Gasteiger partial charge in [-0.3, -0.25) is 18.9 Å². The number of hydrogen-bond acceptors (Lipinski definition) is 7. The number of benzene rings is 1. The number of thioether (sulfide) groups is 1. The first kappa shape index (κ1) is 25.9. The Labute approximate surface area is 220 Å². The fraction of sp³-hybridized carbons (Fsp3) is 0.333. The van der Waals surface area contributed by atoms with Crippen molar-refractivity contribution in [2.75, 3.05) is 25.5 Å². The Bertz CT molecular complexity index is 1340. The normalized spacial score (nSPS) is 14.7. The van der Waals surface area contributed by atoms with Crippen molar-refractivity contribution in [1.29, 1.82) is 0 Å². The minimum atomic E-state index is -0.222. The van der Waals surface area contributed by atoms with Crippen LogP contribution in [0.3, 0.4) is 0 Å². The number of unbranched alkanes of at least 4 members (excludes halogenated alkanes) is 3. The zero-order valence-corrected chi connectivity index (χ0v) is 22.2. The van der Waals surface area contributed by atoms with Gasteiger partial charge in [0.05, 0.1) is 17.6 Å². The lowest BCUT2D eigenvalue weighted by molar-refractivity contribution is -0.122. The second-order valence-electron chi connectivity index (χ2n) is 8.53. The summed E-state index contributed by atoms with van der Waals surface area (Å²) in [5.74, 6) is 1.09. The number of rotatable bonds is 11. The molecular weight excluding hydrogens is 492 g/mol. The largest absolute Gasteiger partial charge is 0.497 e. The maximum Gasteiger partial charge on any atom is 0.267 e. The third-order valence-electron chi connectivity index (χ3n) is 6.02. The Morgan fingerprint density at radius 3 is 2.67 bits per heavy atom. The maximum atomic E-state index is 13.4. The number of amides is 1. The average Bonchev–Trinajstić information content (AvgIpc) is 3.16. The van der Waals surface area contributed by atoms with Crippen LogP contribution in [-0.4, -0.2) is 44.7 Å². The van der Waals surface area contributed by atoms with Gasteiger partial charge in [-0.1, -0.05) is 68.4 Å². The number of anilines is 1. The molecule has 7 nitrogen and oxygen atoms in total. The van der Waals surface area contributed by atoms with E-state index in [1.54, 1.807) is 36.4 Å². The summed E-state index contributed by atoms with van der Waals surface area (Å²) >= 11 is 6.73. The van der Waals surface area contributed by atoms with Crippen molar-refractivity contribution in [3.05, 3.63) is 75.0 Å². The summed E-state index contributed by atoms with van der Waals surface area (Å²) in [5.41, 5.74) is 1.79. The Hall–Kier alpha value is -3.17. The fourth-order valence-corrected chi connectivity index (χ4v) is 5.27. The summed E-state index contributed by atoms with van der Waals surface area (Å²) in [7, 11) is 1.63. The molecule has 0 radical (unpaired) electrons. The van der Waals surface area contributed by atoms with E-state index in [4.69, 9.17) is 17.0 Å². The number of methoxy groups -OCH3 is 1. The van der Waals surface area contributed by atoms with E-state index in [-0.39, 0.29) is 11.5 Å². The Balaban J connectivity index is 1.56. The van der Waals surface area contributed by atoms with Gasteiger partial charge in [0.15, 0.2) is 0 Å². The second kappa shape index (κ2) is 12.2. The average molecular weight is 523 g/mol. The van der Waals surface area contributed by atoms with Gasteiger partial charge in [0, 0.05) is 19.3 Å². The van der Waals surface area contributed by atoms with E-state index in [2.05, 4.69) is 17.2 Å². The summed E-state index contributed by atoms with van der Waals surface area (Å²) in [6.07, 6.45) is 8.40. The van der Waals surface area contributed by atoms with Crippen LogP contribution in [0.15, 0.2) is 58.4 Å². The zero-order chi connectivity index (χ0) is 25.5. The van der Waals surface area contributed by atoms with Crippen molar-refractivity contribution < 1.29 is 9.53 Å². The van der Waals surface area contributed by atoms with Gasteiger partial charge in [-0.2, -0.15) is 0 Å². The van der Waals surface area contributed by atoms with Crippen LogP contribution in [0.25, 0.3) is 11.7 Å². The number of pyridine rings is 1. The van der Waals surface area contributed by atoms with Crippen LogP contribution in [0, 0.1) is 0 Å². The third kappa shape index (κ3) is 5.96. The number of hydrogen-bond donors (Lipinski definition) is 1. The van der Waals surface area contributed by atoms with Gasteiger partial charge >= 0.3 is 0 Å². The first-order valence-electron chi connectivity index (χ1n) is 12.2. The van der Waals surface area contributed by atoms with E-state index in [1.165, 1.54) is 22.6 Å². The highest BCUT2D eigenvalue weighted by Crippen LogP contribution is 2.33. The fourth-order valence-electron chi connectivity index (χ4n) is 3.98. The monoisotopic (exact) mass is 522 g/mol. The summed E-state index contributed by atoms with van der Waals surface area (Å²) < 4.78 is 7.19. The second-order valence-corrected chi connectivity index (χ2v) is 10.2. The van der Waals surface area contributed by atoms with Crippen molar-refractivity contribution in [1.82, 2.24) is 14.3 Å². The smallest absolute Gasteiger partial charge is 0.267 e. The molecule has 1 N–H and O–H groups in total. The first-order chi connectivity index (χ1) is 17.5. The summed E-state index contributed by atoms with van der Waals surface area (Å²) in [4.78, 5) is 33.3. The van der Waals surface area contributed by atoms with Crippen LogP contribution in [0.2, 0.25) is 0 Å². The van der Waals surface area contributed by atoms with Gasteiger partial charge < -0.3 is 10.1 Å². The molecule has 9 heteroatoms. The topological polar surface area (TPSA) is 75.9 Å². The molecule has 0 bridgehead atoms. The van der Waals surface area contributed by atoms with Crippen molar-refractivity contribution in [2.24, 2.45) is 0 Å². The molecule has 2 aromatic heterocycles. The highest BCUT2D eigenvalue weighted by molar-refractivity contribution is 8.26. The number of fused-ring (bicyclic) bond motifs is 1. The van der Waals surface area contributed by atoms with E-state index in [9.17, 15) is 9.59 Å². The molecule has 36 heavy (non-hydrogen) atoms. The molecule has 3 aromatic rings. The molecule has 0 spiro atoms. The van der Waals surface area contributed by atoms with Crippen LogP contribution < -0.4 is 15.6 Å². The van der Waals surface area contributed by atoms with E-state index in [0.717, 1.165) is 30.6 Å². The van der Waals surface area contributed by atoms with Crippen molar-refractivity contribution in [3.8, 4) is 5.75 Å². The molecule has 0 saturated carbocycles. The molecule has 1 aliphatic heterocycles. The molecule has 0 atom stereocenters. The van der Waals surface area contributed by atoms with Gasteiger partial charge in [-0.05, 0) is 48.7 Å². The predicted molar refractivity (Wildman–Crippen MR) is 151 cm³/mol. The lowest BCUT2D eigenvalue weighted by Crippen LogP contribution is -2.30. The Morgan fingerprint density at radius 1 is 1.11 bits per heavy atom. The molecular formula is C27H30N4O3S2. The van der Waals surface area contributed by atoms with E-state index >= 15 is 0 Å². The molecule has 1 saturated heterocycles. The molecule has 188 valence electrons. The number of thiocarbonyl (C=S) groups is 1. The Kier molecular flexibility index (Phi) is 8.77. The summed E-state index contributed by atoms with van der Waals surface area (Å²) in [6.45, 7) is 3.34. The number of carbonyl (C=O) groups excluding carboxylic acids is 1. The number of aromatic nitrogens is 2. The molecule has 0 aliphatic carbocycles. The molecule has 1 aromatic carbocycles. The third-order valence-corrected chi connectivity index (χ3v) is 7.40. The number of ether oxygens (including phenoxy) is 1. The lowest BCUT2D eigenvalue weighted by Gasteiger charge is -2.14. The van der Waals surface area contributed by atoms with Crippen LogP contribution >= 0.6 is 24.0 Å². The number of carbonyl (C=O) groups is 1. The number of nitrogens with zero attached hydrogens (tertiary/aromatic N) is 3. The van der Waals surface area contributed by atoms with Gasteiger partial charge in [-0.25, -0.2) is 4.98 Å². The van der Waals surface area contributed by atoms with Crippen LogP contribution in [0.5, 0.6) is 5.75 Å². The van der Waals surface area contributed by atoms with E-state index < -0.39 is 0 Å². The Morgan fingerprint density at radius 2 is 1.92 bits per heavy atom. The standard InChI is InChI=1S/C27H30N4O3S2/c1-3-4-5-7-15-28-24-21(25(32)30-16-8-6-9-23(30)29-24)18-22-26(33)31(27(35)36-22)17-14-19-10-12-20(34-2)13-11-19/h6,8-13,16,18,28H,3-5,7,14-15,17H2,1-2H3. The quantitative estimate of drug-likeness (QED) is 0.212. The van der Waals surface area contributed by atoms with Gasteiger partial charge in [0.2, 0.25) is 0 Å². The highest BCUT2D eigenvalue weighted by atomic mass is 32.2. The molecule has 1 fully saturated rings. The van der Waals surface area contributed by atoms with Gasteiger partial charge in [0.1, 0.15) is 21.5 Å².